The minimum atomic E-state index is -2.30. The summed E-state index contributed by atoms with van der Waals surface area (Å²) >= 11 is 0. The van der Waals surface area contributed by atoms with Gasteiger partial charge in [0.05, 0.1) is 0 Å². The summed E-state index contributed by atoms with van der Waals surface area (Å²) in [7, 11) is 0.306. The fourth-order valence-corrected chi connectivity index (χ4v) is 0. The van der Waals surface area contributed by atoms with Crippen LogP contribution in [0.4, 0.5) is 8.78 Å². The van der Waals surface area contributed by atoms with Crippen LogP contribution in [-0.4, -0.2) is 21.2 Å². The van der Waals surface area contributed by atoms with Crippen LogP contribution in [-0.2, 0) is 4.79 Å². The molecular formula is C2H4F2O2Si. The summed E-state index contributed by atoms with van der Waals surface area (Å²) in [5.41, 5.74) is 0. The monoisotopic (exact) mass is 126 g/mol. The maximum atomic E-state index is 10.3. The fourth-order valence-electron chi connectivity index (χ4n) is 0. The molecule has 0 spiro atoms. The van der Waals surface area contributed by atoms with Crippen molar-refractivity contribution < 1.29 is 18.4 Å². The molecule has 5 heteroatoms. The van der Waals surface area contributed by atoms with Crippen LogP contribution < -0.4 is 0 Å². The summed E-state index contributed by atoms with van der Waals surface area (Å²) in [6.45, 7) is 0. The van der Waals surface area contributed by atoms with E-state index in [0.29, 0.717) is 16.4 Å². The first-order valence-corrected chi connectivity index (χ1v) is 2.17. The highest BCUT2D eigenvalue weighted by Crippen LogP contribution is 1.84. The third-order valence-electron chi connectivity index (χ3n) is 0.0772. The number of halogens is 2. The van der Waals surface area contributed by atoms with Crippen molar-refractivity contribution in [1.82, 2.24) is 0 Å². The molecule has 0 aromatic carbocycles. The van der Waals surface area contributed by atoms with E-state index in [1.165, 1.54) is 0 Å². The molecule has 0 fully saturated rings. The molecule has 0 atom stereocenters. The average molecular weight is 126 g/mol. The lowest BCUT2D eigenvalue weighted by molar-refractivity contribution is 0.421. The lowest BCUT2D eigenvalue weighted by atomic mass is 11.1. The summed E-state index contributed by atoms with van der Waals surface area (Å²) < 4.78 is 20.5. The molecule has 0 aliphatic heterocycles. The SMILES string of the molecule is O=C=C(F)F.O[SiH3]. The van der Waals surface area contributed by atoms with E-state index in [-0.39, 0.29) is 0 Å². The average Bonchev–Trinajstić information content (AvgIpc) is 1.73. The zero-order valence-corrected chi connectivity index (χ0v) is 5.61. The fraction of sp³-hybridized carbons (Fsp3) is 0. The van der Waals surface area contributed by atoms with Crippen molar-refractivity contribution in [3.63, 3.8) is 0 Å². The molecule has 0 amide bonds. The van der Waals surface area contributed by atoms with Crippen LogP contribution in [0.1, 0.15) is 0 Å². The highest BCUT2D eigenvalue weighted by atomic mass is 28.2. The molecule has 0 heterocycles. The maximum absolute atomic E-state index is 10.3. The van der Waals surface area contributed by atoms with Crippen LogP contribution in [0.5, 0.6) is 0 Å². The number of hydrogen-bond acceptors (Lipinski definition) is 2. The van der Waals surface area contributed by atoms with Crippen molar-refractivity contribution in [2.75, 3.05) is 0 Å². The van der Waals surface area contributed by atoms with Gasteiger partial charge in [-0.25, -0.2) is 4.79 Å². The van der Waals surface area contributed by atoms with E-state index in [1.807, 2.05) is 0 Å². The van der Waals surface area contributed by atoms with Gasteiger partial charge < -0.3 is 4.80 Å². The minimum Gasteiger partial charge on any atom is -0.442 e. The minimum absolute atomic E-state index is 0.306. The van der Waals surface area contributed by atoms with E-state index in [0.717, 1.165) is 0 Å². The van der Waals surface area contributed by atoms with Crippen molar-refractivity contribution in [3.8, 4) is 0 Å². The topological polar surface area (TPSA) is 37.3 Å². The Kier molecular flexibility index (Phi) is 12.6. The molecule has 0 bridgehead atoms. The second-order valence-electron chi connectivity index (χ2n) is 0.362. The Labute approximate surface area is 42.0 Å². The van der Waals surface area contributed by atoms with Crippen LogP contribution in [0.3, 0.4) is 0 Å². The van der Waals surface area contributed by atoms with Gasteiger partial charge in [-0.15, -0.1) is 0 Å². The van der Waals surface area contributed by atoms with Gasteiger partial charge >= 0.3 is 6.08 Å². The smallest absolute Gasteiger partial charge is 0.352 e. The molecule has 1 N–H and O–H groups in total. The summed E-state index contributed by atoms with van der Waals surface area (Å²) in [6, 6.07) is 0. The van der Waals surface area contributed by atoms with Gasteiger partial charge in [0.1, 0.15) is 10.5 Å². The lowest BCUT2D eigenvalue weighted by Crippen LogP contribution is -1.49. The number of rotatable bonds is 0. The molecule has 0 unspecified atom stereocenters. The van der Waals surface area contributed by atoms with Crippen LogP contribution in [0.2, 0.25) is 0 Å². The summed E-state index contributed by atoms with van der Waals surface area (Å²) in [5.74, 6) is 0.361. The van der Waals surface area contributed by atoms with E-state index in [4.69, 9.17) is 9.59 Å². The first-order chi connectivity index (χ1) is 3.27. The second kappa shape index (κ2) is 9.09. The van der Waals surface area contributed by atoms with Crippen LogP contribution in [0, 0.1) is 0 Å². The van der Waals surface area contributed by atoms with E-state index in [1.54, 1.807) is 0 Å². The van der Waals surface area contributed by atoms with Crippen molar-refractivity contribution in [3.05, 3.63) is 6.08 Å². The highest BCUT2D eigenvalue weighted by Gasteiger charge is 1.77. The second-order valence-corrected chi connectivity index (χ2v) is 0.362. The van der Waals surface area contributed by atoms with E-state index >= 15 is 0 Å². The molecule has 0 aromatic rings. The Morgan fingerprint density at radius 1 is 1.57 bits per heavy atom. The molecule has 2 nitrogen and oxygen atoms in total. The Hall–Kier alpha value is -0.513. The Balaban J connectivity index is 0. The van der Waals surface area contributed by atoms with Crippen molar-refractivity contribution in [2.45, 2.75) is 0 Å². The van der Waals surface area contributed by atoms with Gasteiger partial charge in [0.15, 0.2) is 5.94 Å². The molecule has 0 rings (SSSR count). The van der Waals surface area contributed by atoms with E-state index < -0.39 is 6.08 Å². The molecule has 0 aromatic heterocycles. The third-order valence-corrected chi connectivity index (χ3v) is 0.0772. The largest absolute Gasteiger partial charge is 0.442 e. The summed E-state index contributed by atoms with van der Waals surface area (Å²) in [6.07, 6.45) is -2.30. The Morgan fingerprint density at radius 3 is 1.71 bits per heavy atom. The van der Waals surface area contributed by atoms with E-state index in [9.17, 15) is 8.78 Å². The highest BCUT2D eigenvalue weighted by molar-refractivity contribution is 5.95. The third kappa shape index (κ3) is 30.2. The molecule has 42 valence electrons. The molecule has 0 radical (unpaired) electrons. The van der Waals surface area contributed by atoms with Gasteiger partial charge in [-0.3, -0.25) is 0 Å². The number of carbonyl (C=O) groups excluding carboxylic acids is 1. The van der Waals surface area contributed by atoms with Crippen molar-refractivity contribution >= 4 is 16.4 Å². The first kappa shape index (κ1) is 9.70. The van der Waals surface area contributed by atoms with Gasteiger partial charge in [0.2, 0.25) is 0 Å². The van der Waals surface area contributed by atoms with Crippen LogP contribution >= 0.6 is 0 Å². The molecular weight excluding hydrogens is 122 g/mol. The first-order valence-electron chi connectivity index (χ1n) is 1.28. The molecule has 0 saturated heterocycles. The quantitative estimate of drug-likeness (QED) is 0.329. The van der Waals surface area contributed by atoms with Crippen molar-refractivity contribution in [2.24, 2.45) is 0 Å². The van der Waals surface area contributed by atoms with Gasteiger partial charge in [0.25, 0.3) is 0 Å². The molecule has 0 aliphatic rings. The standard InChI is InChI=1S/C2F2O.H4OSi/c3-2(4)1-5;1-2/h;1H,2H3. The summed E-state index contributed by atoms with van der Waals surface area (Å²) in [4.78, 5) is 15.7. The van der Waals surface area contributed by atoms with Crippen molar-refractivity contribution in [1.29, 1.82) is 0 Å². The zero-order valence-electron chi connectivity index (χ0n) is 3.61. The van der Waals surface area contributed by atoms with Gasteiger partial charge in [-0.1, -0.05) is 0 Å². The van der Waals surface area contributed by atoms with Gasteiger partial charge in [-0.2, -0.15) is 8.78 Å². The predicted molar refractivity (Wildman–Crippen MR) is 23.6 cm³/mol. The van der Waals surface area contributed by atoms with Crippen LogP contribution in [0.25, 0.3) is 0 Å². The Morgan fingerprint density at radius 2 is 1.71 bits per heavy atom. The summed E-state index contributed by atoms with van der Waals surface area (Å²) in [5, 5.41) is 0. The molecule has 7 heavy (non-hydrogen) atoms. The maximum Gasteiger partial charge on any atom is 0.352 e. The molecule has 0 aliphatic carbocycles. The van der Waals surface area contributed by atoms with E-state index in [2.05, 4.69) is 0 Å². The predicted octanol–water partition coefficient (Wildman–Crippen LogP) is -1.14. The van der Waals surface area contributed by atoms with Crippen LogP contribution in [0.15, 0.2) is 6.08 Å². The lowest BCUT2D eigenvalue weighted by Gasteiger charge is -1.51. The Bertz CT molecular complexity index is 73.8. The zero-order chi connectivity index (χ0) is 6.28. The normalized spacial score (nSPS) is 5.57. The van der Waals surface area contributed by atoms with Gasteiger partial charge in [-0.05, 0) is 0 Å². The van der Waals surface area contributed by atoms with Gasteiger partial charge in [0, 0.05) is 0 Å². The molecule has 0 saturated carbocycles. The number of hydrogen-bond donors (Lipinski definition) is 1.